The summed E-state index contributed by atoms with van der Waals surface area (Å²) in [5.74, 6) is 1.87. The van der Waals surface area contributed by atoms with E-state index in [2.05, 4.69) is 68.4 Å². The number of aromatic nitrogens is 8. The number of halogens is 2. The average Bonchev–Trinajstić information content (AvgIpc) is 3.59. The summed E-state index contributed by atoms with van der Waals surface area (Å²) in [6.45, 7) is 16.9. The van der Waals surface area contributed by atoms with Crippen molar-refractivity contribution in [3.8, 4) is 29.6 Å². The van der Waals surface area contributed by atoms with Gasteiger partial charge in [-0.05, 0) is 75.8 Å². The van der Waals surface area contributed by atoms with Crippen molar-refractivity contribution >= 4 is 31.7 Å². The molecule has 2 aromatic carbocycles. The number of rotatable bonds is 12. The first kappa shape index (κ1) is 49.8. The standard InChI is InChI=1S/C32H26F2N8O3S.C8H17N.C2H6.C2H4.2CH4/c1-3-22-25(33)12-11-20-7-6-8-23(27(20)22)29-28(34)30-24(17-35-29)19(2)37-32(38-30)45-16-5-4-14-41-15-13-26(39-41)46(43,44)42-18-36-31(40-42)21-9-10-21;1-3-7-5-6-8(4-2)9-7;2*1-2;;/h1,6-8,11-13,15,17-18,21H,4-5,9-10,14,16H2,2H3;7-9H,3-6H2,1-2H3;1-2H3;1-2H2;2*1H4. The zero-order chi connectivity index (χ0) is 42.7. The number of unbranched alkanes of at least 4 members (excludes halogenated alkanes) is 1. The molecule has 2 unspecified atom stereocenters. The highest BCUT2D eigenvalue weighted by molar-refractivity contribution is 7.89. The van der Waals surface area contributed by atoms with E-state index in [-0.39, 0.29) is 55.2 Å². The minimum atomic E-state index is -3.93. The molecule has 5 heterocycles. The van der Waals surface area contributed by atoms with Gasteiger partial charge in [-0.2, -0.15) is 23.5 Å². The second kappa shape index (κ2) is 22.9. The molecule has 12 nitrogen and oxygen atoms in total. The summed E-state index contributed by atoms with van der Waals surface area (Å²) in [7, 11) is -3.93. The van der Waals surface area contributed by atoms with E-state index in [1.807, 2.05) is 13.8 Å². The third-order valence-corrected chi connectivity index (χ3v) is 11.6. The molecule has 0 radical (unpaired) electrons. The van der Waals surface area contributed by atoms with Crippen molar-refractivity contribution in [2.75, 3.05) is 6.61 Å². The molecule has 2 atom stereocenters. The first-order valence-corrected chi connectivity index (χ1v) is 21.7. The minimum Gasteiger partial charge on any atom is -0.463 e. The van der Waals surface area contributed by atoms with Crippen molar-refractivity contribution in [2.45, 2.75) is 130 Å². The molecule has 6 aromatic rings. The van der Waals surface area contributed by atoms with E-state index in [4.69, 9.17) is 11.2 Å². The normalized spacial score (nSPS) is 15.4. The van der Waals surface area contributed by atoms with E-state index in [1.54, 1.807) is 37.4 Å². The molecule has 2 fully saturated rings. The van der Waals surface area contributed by atoms with Crippen LogP contribution in [0.1, 0.15) is 117 Å². The van der Waals surface area contributed by atoms with E-state index in [0.29, 0.717) is 52.6 Å². The molecule has 1 aliphatic heterocycles. The Kier molecular flexibility index (Phi) is 18.6. The molecule has 61 heavy (non-hydrogen) atoms. The first-order chi connectivity index (χ1) is 28.6. The molecule has 15 heteroatoms. The molecule has 1 aliphatic carbocycles. The Morgan fingerprint density at radius 1 is 0.951 bits per heavy atom. The number of nitrogens with zero attached hydrogens (tertiary/aromatic N) is 8. The SMILES string of the molecule is C.C.C#Cc1c(F)ccc2cccc(-c3ncc4c(C)nc(OCCCCn5ccc(S(=O)(=O)n6cnc(C7CC7)n6)n5)nc4c3F)c12.C=C.CC.CCC1CCC(CC)N1. The van der Waals surface area contributed by atoms with Gasteiger partial charge in [0.25, 0.3) is 0 Å². The lowest BCUT2D eigenvalue weighted by atomic mass is 9.96. The van der Waals surface area contributed by atoms with Crippen molar-refractivity contribution in [3.63, 3.8) is 0 Å². The lowest BCUT2D eigenvalue weighted by Crippen LogP contribution is -2.27. The smallest absolute Gasteiger partial charge is 0.317 e. The van der Waals surface area contributed by atoms with Crippen LogP contribution in [0, 0.1) is 30.9 Å². The number of benzene rings is 2. The third-order valence-electron chi connectivity index (χ3n) is 10.1. The van der Waals surface area contributed by atoms with Gasteiger partial charge in [0.15, 0.2) is 16.7 Å². The second-order valence-electron chi connectivity index (χ2n) is 13.9. The number of ether oxygens (including phenoxy) is 1. The Morgan fingerprint density at radius 3 is 2.30 bits per heavy atom. The lowest BCUT2D eigenvalue weighted by Gasteiger charge is -2.12. The van der Waals surface area contributed by atoms with Gasteiger partial charge in [0.2, 0.25) is 0 Å². The van der Waals surface area contributed by atoms with Gasteiger partial charge >= 0.3 is 16.0 Å². The average molecular weight is 858 g/mol. The number of hydrogen-bond acceptors (Lipinski definition) is 10. The van der Waals surface area contributed by atoms with Gasteiger partial charge < -0.3 is 10.1 Å². The van der Waals surface area contributed by atoms with Crippen LogP contribution in [0.4, 0.5) is 8.78 Å². The van der Waals surface area contributed by atoms with Crippen LogP contribution in [0.15, 0.2) is 73.3 Å². The number of hydrogen-bond donors (Lipinski definition) is 1. The van der Waals surface area contributed by atoms with Gasteiger partial charge in [-0.15, -0.1) is 28.8 Å². The predicted octanol–water partition coefficient (Wildman–Crippen LogP) is 10.2. The third kappa shape index (κ3) is 11.4. The van der Waals surface area contributed by atoms with Crippen molar-refractivity contribution in [3.05, 3.63) is 97.0 Å². The van der Waals surface area contributed by atoms with Crippen molar-refractivity contribution in [1.29, 1.82) is 0 Å². The molecule has 328 valence electrons. The Bertz CT molecular complexity index is 2500. The van der Waals surface area contributed by atoms with Gasteiger partial charge in [0.05, 0.1) is 17.9 Å². The summed E-state index contributed by atoms with van der Waals surface area (Å²) < 4.78 is 64.5. The van der Waals surface area contributed by atoms with Gasteiger partial charge in [-0.25, -0.2) is 13.8 Å². The fraction of sp³-hybridized carbons (Fsp3) is 0.435. The zero-order valence-corrected chi connectivity index (χ0v) is 35.3. The highest BCUT2D eigenvalue weighted by atomic mass is 32.2. The fourth-order valence-corrected chi connectivity index (χ4v) is 7.81. The number of nitrogens with one attached hydrogen (secondary N) is 1. The second-order valence-corrected chi connectivity index (χ2v) is 15.7. The summed E-state index contributed by atoms with van der Waals surface area (Å²) in [5.41, 5.74) is 0.861. The lowest BCUT2D eigenvalue weighted by molar-refractivity contribution is 0.279. The molecule has 1 saturated carbocycles. The molecule has 0 bridgehead atoms. The van der Waals surface area contributed by atoms with E-state index in [1.165, 1.54) is 55.0 Å². The van der Waals surface area contributed by atoms with Crippen LogP contribution in [0.3, 0.4) is 0 Å². The predicted molar refractivity (Wildman–Crippen MR) is 241 cm³/mol. The first-order valence-electron chi connectivity index (χ1n) is 20.2. The Hall–Kier alpha value is -5.59. The van der Waals surface area contributed by atoms with E-state index < -0.39 is 21.7 Å². The van der Waals surface area contributed by atoms with Gasteiger partial charge in [0.1, 0.15) is 23.4 Å². The highest BCUT2D eigenvalue weighted by Gasteiger charge is 2.30. The fourth-order valence-electron chi connectivity index (χ4n) is 6.81. The van der Waals surface area contributed by atoms with Crippen LogP contribution < -0.4 is 10.1 Å². The molecule has 8 rings (SSSR count). The number of fused-ring (bicyclic) bond motifs is 2. The van der Waals surface area contributed by atoms with Crippen LogP contribution in [-0.4, -0.2) is 66.0 Å². The largest absolute Gasteiger partial charge is 0.463 e. The molecule has 0 amide bonds. The summed E-state index contributed by atoms with van der Waals surface area (Å²) in [4.78, 5) is 17.1. The van der Waals surface area contributed by atoms with Gasteiger partial charge in [-0.1, -0.05) is 72.7 Å². The summed E-state index contributed by atoms with van der Waals surface area (Å²) in [5, 5.41) is 13.2. The van der Waals surface area contributed by atoms with Crippen molar-refractivity contribution in [2.24, 2.45) is 0 Å². The van der Waals surface area contributed by atoms with E-state index in [9.17, 15) is 12.8 Å². The molecule has 2 aliphatic rings. The van der Waals surface area contributed by atoms with Gasteiger partial charge in [0, 0.05) is 53.3 Å². The maximum Gasteiger partial charge on any atom is 0.317 e. The number of pyridine rings is 1. The molecular formula is C46H61F2N9O3S. The maximum absolute atomic E-state index is 16.0. The summed E-state index contributed by atoms with van der Waals surface area (Å²) >= 11 is 0. The summed E-state index contributed by atoms with van der Waals surface area (Å²) in [6.07, 6.45) is 18.4. The van der Waals surface area contributed by atoms with Gasteiger partial charge in [-0.3, -0.25) is 9.67 Å². The zero-order valence-electron chi connectivity index (χ0n) is 34.5. The van der Waals surface area contributed by atoms with Crippen LogP contribution in [-0.2, 0) is 16.6 Å². The molecular weight excluding hydrogens is 797 g/mol. The Morgan fingerprint density at radius 2 is 1.66 bits per heavy atom. The van der Waals surface area contributed by atoms with Crippen LogP contribution in [0.5, 0.6) is 6.01 Å². The highest BCUT2D eigenvalue weighted by Crippen LogP contribution is 2.38. The van der Waals surface area contributed by atoms with E-state index in [0.717, 1.165) is 29.0 Å². The molecule has 4 aromatic heterocycles. The van der Waals surface area contributed by atoms with Crippen molar-refractivity contribution < 1.29 is 21.9 Å². The van der Waals surface area contributed by atoms with Crippen molar-refractivity contribution in [1.82, 2.24) is 44.2 Å². The van der Waals surface area contributed by atoms with Crippen LogP contribution in [0.25, 0.3) is 32.9 Å². The van der Waals surface area contributed by atoms with Crippen LogP contribution in [0.2, 0.25) is 0 Å². The molecule has 0 spiro atoms. The van der Waals surface area contributed by atoms with E-state index >= 15 is 4.39 Å². The molecule has 1 saturated heterocycles. The topological polar surface area (TPSA) is 143 Å². The number of terminal acetylenes is 1. The maximum atomic E-state index is 16.0. The minimum absolute atomic E-state index is 0. The Labute approximate surface area is 360 Å². The summed E-state index contributed by atoms with van der Waals surface area (Å²) in [6, 6.07) is 11.1. The monoisotopic (exact) mass is 857 g/mol. The van der Waals surface area contributed by atoms with Crippen LogP contribution >= 0.6 is 0 Å². The molecule has 1 N–H and O–H groups in total. The number of aryl methyl sites for hydroxylation is 2. The quantitative estimate of drug-likeness (QED) is 0.0718. The Balaban J connectivity index is 0.000000579.